The Morgan fingerprint density at radius 1 is 1.21 bits per heavy atom. The molecule has 0 amide bonds. The highest BCUT2D eigenvalue weighted by molar-refractivity contribution is 7.90. The van der Waals surface area contributed by atoms with Crippen molar-refractivity contribution < 1.29 is 26.3 Å². The van der Waals surface area contributed by atoms with Gasteiger partial charge in [-0.05, 0) is 24.0 Å². The Morgan fingerprint density at radius 2 is 1.79 bits per heavy atom. The molecule has 0 atom stereocenters. The molecular weight excluding hydrogens is 397 g/mol. The van der Waals surface area contributed by atoms with Gasteiger partial charge < -0.3 is 15.4 Å². The predicted molar refractivity (Wildman–Crippen MR) is 100 cm³/mol. The second kappa shape index (κ2) is 9.57. The molecule has 158 valence electrons. The third kappa shape index (κ3) is 5.82. The van der Waals surface area contributed by atoms with Gasteiger partial charge in [0.05, 0.1) is 6.61 Å². The van der Waals surface area contributed by atoms with E-state index in [1.54, 1.807) is 14.2 Å². The number of nitrogens with zero attached hydrogens (tertiary/aromatic N) is 2. The Labute approximate surface area is 163 Å². The molecule has 0 saturated carbocycles. The number of nitrogens with one attached hydrogen (secondary N) is 2. The minimum atomic E-state index is -5.26. The van der Waals surface area contributed by atoms with E-state index in [0.717, 1.165) is 11.1 Å². The Hall–Kier alpha value is -1.85. The average Bonchev–Trinajstić information content (AvgIpc) is 2.66. The minimum Gasteiger partial charge on any atom is -0.380 e. The zero-order chi connectivity index (χ0) is 20.8. The maximum Gasteiger partial charge on any atom is 0.511 e. The molecule has 1 aliphatic rings. The van der Waals surface area contributed by atoms with Gasteiger partial charge in [0, 0.05) is 39.8 Å². The molecular formula is C17H25F3N4O3S. The van der Waals surface area contributed by atoms with E-state index in [9.17, 15) is 21.6 Å². The molecule has 1 fully saturated rings. The molecule has 1 heterocycles. The van der Waals surface area contributed by atoms with Crippen molar-refractivity contribution in [3.8, 4) is 0 Å². The first-order valence-corrected chi connectivity index (χ1v) is 10.2. The third-order valence-corrected chi connectivity index (χ3v) is 6.07. The Balaban J connectivity index is 1.83. The minimum absolute atomic E-state index is 0.157. The van der Waals surface area contributed by atoms with Crippen LogP contribution in [0, 0.1) is 0 Å². The monoisotopic (exact) mass is 422 g/mol. The van der Waals surface area contributed by atoms with Gasteiger partial charge in [0.2, 0.25) is 0 Å². The molecule has 2 rings (SSSR count). The standard InChI is InChI=1S/C17H25F3N4O3S/c1-21-16(22-11-13-3-5-14(6-4-13)12-27-2)23-15-7-9-24(10-8-15)28(25,26)17(18,19)20/h3-6,15H,7-12H2,1-2H3,(H2,21,22,23). The summed E-state index contributed by atoms with van der Waals surface area (Å²) in [5.41, 5.74) is -3.16. The molecule has 28 heavy (non-hydrogen) atoms. The lowest BCUT2D eigenvalue weighted by molar-refractivity contribution is -0.0494. The van der Waals surface area contributed by atoms with Crippen LogP contribution in [0.4, 0.5) is 13.2 Å². The molecule has 0 radical (unpaired) electrons. The van der Waals surface area contributed by atoms with Crippen LogP contribution in [0.25, 0.3) is 0 Å². The molecule has 2 N–H and O–H groups in total. The maximum atomic E-state index is 12.6. The summed E-state index contributed by atoms with van der Waals surface area (Å²) in [4.78, 5) is 4.11. The summed E-state index contributed by atoms with van der Waals surface area (Å²) in [6.45, 7) is 0.697. The van der Waals surface area contributed by atoms with Crippen LogP contribution < -0.4 is 10.6 Å². The average molecular weight is 422 g/mol. The van der Waals surface area contributed by atoms with Gasteiger partial charge in [-0.15, -0.1) is 0 Å². The van der Waals surface area contributed by atoms with Gasteiger partial charge in [-0.25, -0.2) is 8.42 Å². The number of sulfonamides is 1. The molecule has 1 saturated heterocycles. The molecule has 0 aliphatic carbocycles. The summed E-state index contributed by atoms with van der Waals surface area (Å²) in [5, 5.41) is 6.28. The molecule has 0 spiro atoms. The molecule has 0 aromatic heterocycles. The van der Waals surface area contributed by atoms with Gasteiger partial charge in [0.25, 0.3) is 0 Å². The third-order valence-electron chi connectivity index (χ3n) is 4.44. The van der Waals surface area contributed by atoms with E-state index in [4.69, 9.17) is 4.74 Å². The van der Waals surface area contributed by atoms with Crippen molar-refractivity contribution in [3.05, 3.63) is 35.4 Å². The van der Waals surface area contributed by atoms with E-state index in [-0.39, 0.29) is 32.0 Å². The lowest BCUT2D eigenvalue weighted by Gasteiger charge is -2.32. The largest absolute Gasteiger partial charge is 0.511 e. The lowest BCUT2D eigenvalue weighted by atomic mass is 10.1. The van der Waals surface area contributed by atoms with Crippen LogP contribution in [-0.4, -0.2) is 57.5 Å². The van der Waals surface area contributed by atoms with E-state index >= 15 is 0 Å². The first kappa shape index (κ1) is 22.4. The number of benzene rings is 1. The highest BCUT2D eigenvalue weighted by Gasteiger charge is 2.50. The zero-order valence-corrected chi connectivity index (χ0v) is 16.6. The zero-order valence-electron chi connectivity index (χ0n) is 15.8. The molecule has 7 nitrogen and oxygen atoms in total. The fraction of sp³-hybridized carbons (Fsp3) is 0.588. The van der Waals surface area contributed by atoms with Gasteiger partial charge in [0.15, 0.2) is 5.96 Å². The Kier molecular flexibility index (Phi) is 7.67. The van der Waals surface area contributed by atoms with Gasteiger partial charge in [0.1, 0.15) is 0 Å². The van der Waals surface area contributed by atoms with E-state index in [0.29, 0.717) is 23.4 Å². The highest BCUT2D eigenvalue weighted by atomic mass is 32.2. The number of halogens is 3. The number of piperidine rings is 1. The van der Waals surface area contributed by atoms with Crippen LogP contribution >= 0.6 is 0 Å². The second-order valence-electron chi connectivity index (χ2n) is 6.44. The van der Waals surface area contributed by atoms with Crippen LogP contribution in [0.1, 0.15) is 24.0 Å². The molecule has 0 bridgehead atoms. The number of hydrogen-bond acceptors (Lipinski definition) is 4. The number of guanidine groups is 1. The van der Waals surface area contributed by atoms with E-state index in [1.165, 1.54) is 0 Å². The quantitative estimate of drug-likeness (QED) is 0.540. The smallest absolute Gasteiger partial charge is 0.380 e. The van der Waals surface area contributed by atoms with E-state index in [1.807, 2.05) is 24.3 Å². The molecule has 0 unspecified atom stereocenters. The Morgan fingerprint density at radius 3 is 2.29 bits per heavy atom. The summed E-state index contributed by atoms with van der Waals surface area (Å²) in [7, 11) is -2.03. The van der Waals surface area contributed by atoms with Gasteiger partial charge >= 0.3 is 15.5 Å². The normalized spacial score (nSPS) is 17.5. The summed E-state index contributed by atoms with van der Waals surface area (Å²) in [5.74, 6) is 0.512. The summed E-state index contributed by atoms with van der Waals surface area (Å²) >= 11 is 0. The van der Waals surface area contributed by atoms with Crippen LogP contribution in [0.15, 0.2) is 29.3 Å². The second-order valence-corrected chi connectivity index (χ2v) is 8.37. The van der Waals surface area contributed by atoms with E-state index < -0.39 is 15.5 Å². The van der Waals surface area contributed by atoms with Crippen molar-refractivity contribution in [1.29, 1.82) is 0 Å². The number of alkyl halides is 3. The van der Waals surface area contributed by atoms with Crippen LogP contribution in [-0.2, 0) is 27.9 Å². The first-order chi connectivity index (χ1) is 13.2. The SMILES string of the molecule is CN=C(NCc1ccc(COC)cc1)NC1CCN(S(=O)(=O)C(F)(F)F)CC1. The Bertz CT molecular complexity index is 759. The van der Waals surface area contributed by atoms with Crippen molar-refractivity contribution in [1.82, 2.24) is 14.9 Å². The topological polar surface area (TPSA) is 83.0 Å². The summed E-state index contributed by atoms with van der Waals surface area (Å²) in [6.07, 6.45) is 0.531. The fourth-order valence-corrected chi connectivity index (χ4v) is 3.86. The molecule has 1 aliphatic heterocycles. The van der Waals surface area contributed by atoms with Crippen LogP contribution in [0.2, 0.25) is 0 Å². The van der Waals surface area contributed by atoms with E-state index in [2.05, 4.69) is 15.6 Å². The van der Waals surface area contributed by atoms with Crippen LogP contribution in [0.3, 0.4) is 0 Å². The predicted octanol–water partition coefficient (Wildman–Crippen LogP) is 1.81. The lowest BCUT2D eigenvalue weighted by Crippen LogP contribution is -2.51. The molecule has 1 aromatic rings. The number of methoxy groups -OCH3 is 1. The number of hydrogen-bond donors (Lipinski definition) is 2. The molecule has 11 heteroatoms. The van der Waals surface area contributed by atoms with Crippen molar-refractivity contribution in [2.24, 2.45) is 4.99 Å². The summed E-state index contributed by atoms with van der Waals surface area (Å²) < 4.78 is 66.3. The van der Waals surface area contributed by atoms with Crippen molar-refractivity contribution >= 4 is 16.0 Å². The number of aliphatic imine (C=N–C) groups is 1. The fourth-order valence-electron chi connectivity index (χ4n) is 2.88. The number of ether oxygens (including phenoxy) is 1. The number of rotatable bonds is 6. The summed E-state index contributed by atoms with van der Waals surface area (Å²) in [6, 6.07) is 7.71. The van der Waals surface area contributed by atoms with Gasteiger partial charge in [-0.1, -0.05) is 24.3 Å². The van der Waals surface area contributed by atoms with Gasteiger partial charge in [-0.2, -0.15) is 17.5 Å². The van der Waals surface area contributed by atoms with Gasteiger partial charge in [-0.3, -0.25) is 4.99 Å². The van der Waals surface area contributed by atoms with Crippen LogP contribution in [0.5, 0.6) is 0 Å². The maximum absolute atomic E-state index is 12.6. The van der Waals surface area contributed by atoms with Crippen molar-refractivity contribution in [3.63, 3.8) is 0 Å². The highest BCUT2D eigenvalue weighted by Crippen LogP contribution is 2.28. The van der Waals surface area contributed by atoms with Crippen molar-refractivity contribution in [2.75, 3.05) is 27.2 Å². The van der Waals surface area contributed by atoms with Crippen molar-refractivity contribution in [2.45, 2.75) is 37.5 Å². The molecule has 1 aromatic carbocycles. The first-order valence-electron chi connectivity index (χ1n) is 8.77.